The van der Waals surface area contributed by atoms with Gasteiger partial charge in [0.25, 0.3) is 0 Å². The lowest BCUT2D eigenvalue weighted by Gasteiger charge is -2.11. The highest BCUT2D eigenvalue weighted by Gasteiger charge is 2.19. The van der Waals surface area contributed by atoms with Gasteiger partial charge in [-0.15, -0.1) is 0 Å². The van der Waals surface area contributed by atoms with Gasteiger partial charge in [-0.05, 0) is 17.5 Å². The maximum absolute atomic E-state index is 10.1. The molecular formula is C12H13NO2. The minimum absolute atomic E-state index is 0.427. The molecule has 0 bridgehead atoms. The van der Waals surface area contributed by atoms with E-state index in [1.807, 2.05) is 18.2 Å². The van der Waals surface area contributed by atoms with Crippen LogP contribution in [-0.2, 0) is 16.1 Å². The molecule has 1 atom stereocenters. The molecule has 0 aromatic heterocycles. The summed E-state index contributed by atoms with van der Waals surface area (Å²) in [5.74, 6) is 0.461. The van der Waals surface area contributed by atoms with E-state index in [4.69, 9.17) is 4.74 Å². The molecule has 0 saturated carbocycles. The van der Waals surface area contributed by atoms with E-state index in [1.54, 1.807) is 6.08 Å². The van der Waals surface area contributed by atoms with Gasteiger partial charge >= 0.3 is 0 Å². The van der Waals surface area contributed by atoms with Crippen molar-refractivity contribution in [2.45, 2.75) is 18.9 Å². The molecule has 0 spiro atoms. The summed E-state index contributed by atoms with van der Waals surface area (Å²) >= 11 is 0. The minimum atomic E-state index is 0.427. The number of carbonyl (C=O) groups excluding carboxylic acids is 1. The van der Waals surface area contributed by atoms with Crippen LogP contribution in [0, 0.1) is 0 Å². The summed E-state index contributed by atoms with van der Waals surface area (Å²) in [6.07, 6.45) is 2.64. The molecule has 2 rings (SSSR count). The molecule has 1 aliphatic rings. The monoisotopic (exact) mass is 203 g/mol. The van der Waals surface area contributed by atoms with Crippen molar-refractivity contribution < 1.29 is 9.53 Å². The van der Waals surface area contributed by atoms with Crippen LogP contribution in [0.25, 0.3) is 0 Å². The molecule has 1 fully saturated rings. The first-order valence-corrected chi connectivity index (χ1v) is 5.11. The Morgan fingerprint density at radius 2 is 2.33 bits per heavy atom. The van der Waals surface area contributed by atoms with E-state index < -0.39 is 0 Å². The fraction of sp³-hybridized carbons (Fsp3) is 0.417. The molecule has 0 aliphatic carbocycles. The second kappa shape index (κ2) is 4.87. The molecule has 0 amide bonds. The van der Waals surface area contributed by atoms with Gasteiger partial charge in [0.05, 0.1) is 13.2 Å². The third kappa shape index (κ3) is 2.32. The van der Waals surface area contributed by atoms with Crippen LogP contribution in [0.3, 0.4) is 0 Å². The number of nitrogens with zero attached hydrogens (tertiary/aromatic N) is 1. The third-order valence-electron chi connectivity index (χ3n) is 2.74. The van der Waals surface area contributed by atoms with Crippen molar-refractivity contribution in [1.82, 2.24) is 0 Å². The highest BCUT2D eigenvalue weighted by atomic mass is 16.5. The molecule has 1 aromatic rings. The van der Waals surface area contributed by atoms with Crippen LogP contribution in [0.2, 0.25) is 0 Å². The Morgan fingerprint density at radius 1 is 1.47 bits per heavy atom. The van der Waals surface area contributed by atoms with Crippen LogP contribution in [0.1, 0.15) is 23.5 Å². The smallest absolute Gasteiger partial charge is 0.235 e. The second-order valence-electron chi connectivity index (χ2n) is 3.67. The van der Waals surface area contributed by atoms with E-state index in [9.17, 15) is 4.79 Å². The zero-order valence-electron chi connectivity index (χ0n) is 8.48. The predicted molar refractivity (Wildman–Crippen MR) is 56.4 cm³/mol. The minimum Gasteiger partial charge on any atom is -0.381 e. The number of rotatable bonds is 3. The van der Waals surface area contributed by atoms with Crippen molar-refractivity contribution in [1.29, 1.82) is 0 Å². The quantitative estimate of drug-likeness (QED) is 0.557. The summed E-state index contributed by atoms with van der Waals surface area (Å²) in [7, 11) is 0. The van der Waals surface area contributed by atoms with Gasteiger partial charge in [0.1, 0.15) is 0 Å². The molecule has 3 nitrogen and oxygen atoms in total. The fourth-order valence-corrected chi connectivity index (χ4v) is 1.97. The first-order chi connectivity index (χ1) is 7.42. The predicted octanol–water partition coefficient (Wildman–Crippen LogP) is 2.03. The van der Waals surface area contributed by atoms with Crippen molar-refractivity contribution in [3.05, 3.63) is 35.4 Å². The van der Waals surface area contributed by atoms with Gasteiger partial charge in [-0.25, -0.2) is 9.79 Å². The Hall–Kier alpha value is -1.44. The second-order valence-corrected chi connectivity index (χ2v) is 3.67. The molecule has 1 heterocycles. The fourth-order valence-electron chi connectivity index (χ4n) is 1.97. The van der Waals surface area contributed by atoms with E-state index in [-0.39, 0.29) is 0 Å². The van der Waals surface area contributed by atoms with Crippen molar-refractivity contribution in [3.63, 3.8) is 0 Å². The van der Waals surface area contributed by atoms with Crippen molar-refractivity contribution >= 4 is 6.08 Å². The molecule has 1 aliphatic heterocycles. The number of aliphatic imine (C=N–C) groups is 1. The highest BCUT2D eigenvalue weighted by Crippen LogP contribution is 2.28. The maximum atomic E-state index is 10.1. The van der Waals surface area contributed by atoms with Crippen molar-refractivity contribution in [2.24, 2.45) is 4.99 Å². The van der Waals surface area contributed by atoms with Crippen molar-refractivity contribution in [3.8, 4) is 0 Å². The van der Waals surface area contributed by atoms with E-state index in [2.05, 4.69) is 11.1 Å². The summed E-state index contributed by atoms with van der Waals surface area (Å²) in [6, 6.07) is 8.08. The first kappa shape index (κ1) is 10.1. The van der Waals surface area contributed by atoms with Gasteiger partial charge in [-0.1, -0.05) is 24.3 Å². The SMILES string of the molecule is O=C=NCc1ccccc1C1CCOC1. The van der Waals surface area contributed by atoms with Gasteiger partial charge in [-0.3, -0.25) is 0 Å². The van der Waals surface area contributed by atoms with Crippen LogP contribution in [-0.4, -0.2) is 19.3 Å². The summed E-state index contributed by atoms with van der Waals surface area (Å²) in [5, 5.41) is 0. The lowest BCUT2D eigenvalue weighted by atomic mass is 9.94. The van der Waals surface area contributed by atoms with E-state index in [0.717, 1.165) is 25.2 Å². The standard InChI is InChI=1S/C12H13NO2/c14-9-13-7-10-3-1-2-4-12(10)11-5-6-15-8-11/h1-4,11H,5-8H2. The normalized spacial score (nSPS) is 19.9. The molecule has 0 N–H and O–H groups in total. The van der Waals surface area contributed by atoms with Crippen LogP contribution in [0.4, 0.5) is 0 Å². The molecule has 0 radical (unpaired) electrons. The van der Waals surface area contributed by atoms with Gasteiger partial charge in [0, 0.05) is 12.5 Å². The van der Waals surface area contributed by atoms with E-state index in [0.29, 0.717) is 12.5 Å². The van der Waals surface area contributed by atoms with Crippen LogP contribution in [0.5, 0.6) is 0 Å². The molecule has 78 valence electrons. The van der Waals surface area contributed by atoms with Gasteiger partial charge in [-0.2, -0.15) is 0 Å². The Labute approximate surface area is 88.8 Å². The summed E-state index contributed by atoms with van der Waals surface area (Å²) in [5.41, 5.74) is 2.37. The number of hydrogen-bond acceptors (Lipinski definition) is 3. The average Bonchev–Trinajstić information content (AvgIpc) is 2.80. The Balaban J connectivity index is 2.23. The van der Waals surface area contributed by atoms with Crippen LogP contribution in [0.15, 0.2) is 29.3 Å². The number of hydrogen-bond donors (Lipinski definition) is 0. The zero-order chi connectivity index (χ0) is 10.5. The van der Waals surface area contributed by atoms with Crippen LogP contribution < -0.4 is 0 Å². The number of isocyanates is 1. The van der Waals surface area contributed by atoms with Gasteiger partial charge < -0.3 is 4.74 Å². The first-order valence-electron chi connectivity index (χ1n) is 5.11. The maximum Gasteiger partial charge on any atom is 0.235 e. The summed E-state index contributed by atoms with van der Waals surface area (Å²) in [4.78, 5) is 13.7. The Bertz CT molecular complexity index is 377. The van der Waals surface area contributed by atoms with Gasteiger partial charge in [0.2, 0.25) is 6.08 Å². The molecular weight excluding hydrogens is 190 g/mol. The lowest BCUT2D eigenvalue weighted by Crippen LogP contribution is -2.01. The zero-order valence-corrected chi connectivity index (χ0v) is 8.48. The molecule has 1 saturated heterocycles. The lowest BCUT2D eigenvalue weighted by molar-refractivity contribution is 0.194. The Kier molecular flexibility index (Phi) is 3.28. The largest absolute Gasteiger partial charge is 0.381 e. The van der Waals surface area contributed by atoms with E-state index >= 15 is 0 Å². The Morgan fingerprint density at radius 3 is 3.07 bits per heavy atom. The molecule has 1 unspecified atom stereocenters. The third-order valence-corrected chi connectivity index (χ3v) is 2.74. The number of ether oxygens (including phenoxy) is 1. The molecule has 1 aromatic carbocycles. The van der Waals surface area contributed by atoms with Crippen molar-refractivity contribution in [2.75, 3.05) is 13.2 Å². The molecule has 3 heteroatoms. The van der Waals surface area contributed by atoms with E-state index in [1.165, 1.54) is 5.56 Å². The average molecular weight is 203 g/mol. The molecule has 15 heavy (non-hydrogen) atoms. The van der Waals surface area contributed by atoms with Crippen LogP contribution >= 0.6 is 0 Å². The van der Waals surface area contributed by atoms with Gasteiger partial charge in [0.15, 0.2) is 0 Å². The highest BCUT2D eigenvalue weighted by molar-refractivity contribution is 5.36. The summed E-state index contributed by atoms with van der Waals surface area (Å²) < 4.78 is 5.36. The summed E-state index contributed by atoms with van der Waals surface area (Å²) in [6.45, 7) is 2.04. The topological polar surface area (TPSA) is 38.7 Å². The number of benzene rings is 1.